The summed E-state index contributed by atoms with van der Waals surface area (Å²) in [7, 11) is -2.12. The SMILES string of the molecule is CCO[Si](C)(CCCn1ccc(=O)[nH]c1=O)OCC. The van der Waals surface area contributed by atoms with Crippen molar-refractivity contribution in [3.05, 3.63) is 33.1 Å². The van der Waals surface area contributed by atoms with Crippen LogP contribution in [0.25, 0.3) is 0 Å². The number of hydrogen-bond donors (Lipinski definition) is 1. The molecule has 0 aliphatic heterocycles. The minimum absolute atomic E-state index is 0.371. The molecule has 0 aliphatic carbocycles. The molecule has 0 amide bonds. The highest BCUT2D eigenvalue weighted by atomic mass is 28.4. The van der Waals surface area contributed by atoms with Gasteiger partial charge in [0.05, 0.1) is 0 Å². The minimum Gasteiger partial charge on any atom is -0.395 e. The summed E-state index contributed by atoms with van der Waals surface area (Å²) in [4.78, 5) is 24.7. The van der Waals surface area contributed by atoms with E-state index < -0.39 is 8.56 Å². The summed E-state index contributed by atoms with van der Waals surface area (Å²) in [5.74, 6) is 0. The molecule has 1 rings (SSSR count). The number of aromatic nitrogens is 2. The van der Waals surface area contributed by atoms with E-state index in [1.165, 1.54) is 16.8 Å². The molecule has 0 spiro atoms. The quantitative estimate of drug-likeness (QED) is 0.726. The van der Waals surface area contributed by atoms with Gasteiger partial charge in [0.1, 0.15) is 0 Å². The molecule has 0 saturated carbocycles. The van der Waals surface area contributed by atoms with Gasteiger partial charge in [0.2, 0.25) is 0 Å². The first-order chi connectivity index (χ1) is 9.00. The highest BCUT2D eigenvalue weighted by Gasteiger charge is 2.29. The molecule has 7 heteroatoms. The van der Waals surface area contributed by atoms with Crippen molar-refractivity contribution in [2.75, 3.05) is 13.2 Å². The first kappa shape index (κ1) is 15.9. The van der Waals surface area contributed by atoms with Crippen LogP contribution in [-0.2, 0) is 15.4 Å². The van der Waals surface area contributed by atoms with Gasteiger partial charge >= 0.3 is 14.3 Å². The van der Waals surface area contributed by atoms with Gasteiger partial charge in [0.15, 0.2) is 0 Å². The lowest BCUT2D eigenvalue weighted by molar-refractivity contribution is 0.188. The Bertz CT molecular complexity index is 491. The van der Waals surface area contributed by atoms with Gasteiger partial charge in [-0.2, -0.15) is 0 Å². The van der Waals surface area contributed by atoms with Gasteiger partial charge < -0.3 is 13.4 Å². The van der Waals surface area contributed by atoms with Gasteiger partial charge in [-0.25, -0.2) is 4.79 Å². The highest BCUT2D eigenvalue weighted by molar-refractivity contribution is 6.66. The van der Waals surface area contributed by atoms with Crippen LogP contribution in [0, 0.1) is 0 Å². The second-order valence-corrected chi connectivity index (χ2v) is 7.75. The summed E-state index contributed by atoms with van der Waals surface area (Å²) < 4.78 is 13.0. The Kier molecular flexibility index (Phi) is 6.20. The van der Waals surface area contributed by atoms with Crippen molar-refractivity contribution in [2.24, 2.45) is 0 Å². The predicted molar refractivity (Wildman–Crippen MR) is 75.6 cm³/mol. The Morgan fingerprint density at radius 3 is 2.42 bits per heavy atom. The van der Waals surface area contributed by atoms with Crippen molar-refractivity contribution in [2.45, 2.75) is 39.4 Å². The fraction of sp³-hybridized carbons (Fsp3) is 0.667. The van der Waals surface area contributed by atoms with Gasteiger partial charge in [0.25, 0.3) is 5.56 Å². The summed E-state index contributed by atoms with van der Waals surface area (Å²) in [6.07, 6.45) is 2.30. The van der Waals surface area contributed by atoms with E-state index in [9.17, 15) is 9.59 Å². The van der Waals surface area contributed by atoms with Crippen LogP contribution in [0.1, 0.15) is 20.3 Å². The van der Waals surface area contributed by atoms with Gasteiger partial charge in [-0.3, -0.25) is 9.78 Å². The van der Waals surface area contributed by atoms with Crippen LogP contribution in [0.5, 0.6) is 0 Å². The molecule has 0 atom stereocenters. The molecular weight excluding hydrogens is 264 g/mol. The first-order valence-electron chi connectivity index (χ1n) is 6.58. The van der Waals surface area contributed by atoms with Gasteiger partial charge in [-0.15, -0.1) is 0 Å². The predicted octanol–water partition coefficient (Wildman–Crippen LogP) is 1.07. The molecule has 19 heavy (non-hydrogen) atoms. The van der Waals surface area contributed by atoms with Crippen LogP contribution >= 0.6 is 0 Å². The molecule has 1 heterocycles. The van der Waals surface area contributed by atoms with E-state index in [4.69, 9.17) is 8.85 Å². The van der Waals surface area contributed by atoms with Crippen molar-refractivity contribution in [1.29, 1.82) is 0 Å². The average Bonchev–Trinajstić information content (AvgIpc) is 2.32. The van der Waals surface area contributed by atoms with Crippen LogP contribution in [0.3, 0.4) is 0 Å². The second-order valence-electron chi connectivity index (χ2n) is 4.41. The number of aryl methyl sites for hydroxylation is 1. The number of H-pyrrole nitrogens is 1. The maximum absolute atomic E-state index is 11.5. The van der Waals surface area contributed by atoms with E-state index in [2.05, 4.69) is 4.98 Å². The van der Waals surface area contributed by atoms with Crippen molar-refractivity contribution >= 4 is 8.56 Å². The van der Waals surface area contributed by atoms with Crippen LogP contribution in [0.15, 0.2) is 21.9 Å². The zero-order valence-electron chi connectivity index (χ0n) is 11.8. The van der Waals surface area contributed by atoms with E-state index in [0.717, 1.165) is 12.5 Å². The second kappa shape index (κ2) is 7.42. The van der Waals surface area contributed by atoms with E-state index in [-0.39, 0.29) is 11.2 Å². The lowest BCUT2D eigenvalue weighted by Gasteiger charge is -2.25. The van der Waals surface area contributed by atoms with Crippen LogP contribution < -0.4 is 11.2 Å². The minimum atomic E-state index is -2.12. The standard InChI is InChI=1S/C12H22N2O4Si/c1-4-17-19(3,18-5-2)10-6-8-14-9-7-11(15)13-12(14)16/h7,9H,4-6,8,10H2,1-3H3,(H,13,15,16). The molecule has 108 valence electrons. The van der Waals surface area contributed by atoms with Crippen LogP contribution in [0.4, 0.5) is 0 Å². The fourth-order valence-electron chi connectivity index (χ4n) is 1.99. The van der Waals surface area contributed by atoms with E-state index >= 15 is 0 Å². The van der Waals surface area contributed by atoms with E-state index in [0.29, 0.717) is 19.8 Å². The summed E-state index contributed by atoms with van der Waals surface area (Å²) >= 11 is 0. The topological polar surface area (TPSA) is 73.3 Å². The van der Waals surface area contributed by atoms with E-state index in [1.807, 2.05) is 20.4 Å². The van der Waals surface area contributed by atoms with Gasteiger partial charge in [-0.1, -0.05) is 0 Å². The smallest absolute Gasteiger partial charge is 0.334 e. The first-order valence-corrected chi connectivity index (χ1v) is 9.11. The summed E-state index contributed by atoms with van der Waals surface area (Å²) in [5, 5.41) is 0. The Balaban J connectivity index is 2.56. The van der Waals surface area contributed by atoms with Gasteiger partial charge in [0, 0.05) is 32.0 Å². The largest absolute Gasteiger partial charge is 0.395 e. The lowest BCUT2D eigenvalue weighted by atomic mass is 10.4. The fourth-order valence-corrected chi connectivity index (χ4v) is 4.38. The van der Waals surface area contributed by atoms with Crippen molar-refractivity contribution < 1.29 is 8.85 Å². The third kappa shape index (κ3) is 5.13. The van der Waals surface area contributed by atoms with Crippen LogP contribution in [-0.4, -0.2) is 31.3 Å². The van der Waals surface area contributed by atoms with Crippen molar-refractivity contribution in [3.63, 3.8) is 0 Å². The van der Waals surface area contributed by atoms with Gasteiger partial charge in [-0.05, 0) is 32.9 Å². The maximum atomic E-state index is 11.5. The van der Waals surface area contributed by atoms with Crippen molar-refractivity contribution in [3.8, 4) is 0 Å². The van der Waals surface area contributed by atoms with E-state index in [1.54, 1.807) is 0 Å². The number of hydrogen-bond acceptors (Lipinski definition) is 4. The summed E-state index contributed by atoms with van der Waals surface area (Å²) in [6, 6.07) is 2.17. The lowest BCUT2D eigenvalue weighted by Crippen LogP contribution is -2.39. The molecule has 0 unspecified atom stereocenters. The molecule has 0 fully saturated rings. The zero-order valence-corrected chi connectivity index (χ0v) is 12.8. The molecule has 6 nitrogen and oxygen atoms in total. The summed E-state index contributed by atoms with van der Waals surface area (Å²) in [6.45, 7) is 7.78. The molecule has 0 radical (unpaired) electrons. The molecule has 0 saturated heterocycles. The Morgan fingerprint density at radius 2 is 1.89 bits per heavy atom. The Labute approximate surface area is 113 Å². The third-order valence-electron chi connectivity index (χ3n) is 2.83. The third-order valence-corrected chi connectivity index (χ3v) is 5.89. The number of nitrogens with zero attached hydrogens (tertiary/aromatic N) is 1. The number of rotatable bonds is 8. The molecule has 0 bridgehead atoms. The maximum Gasteiger partial charge on any atom is 0.334 e. The molecule has 1 aromatic heterocycles. The highest BCUT2D eigenvalue weighted by Crippen LogP contribution is 2.16. The number of aromatic amines is 1. The summed E-state index contributed by atoms with van der Waals surface area (Å²) in [5.41, 5.74) is -0.743. The Morgan fingerprint density at radius 1 is 1.26 bits per heavy atom. The monoisotopic (exact) mass is 286 g/mol. The van der Waals surface area contributed by atoms with Crippen LogP contribution in [0.2, 0.25) is 12.6 Å². The number of nitrogens with one attached hydrogen (secondary N) is 1. The Hall–Kier alpha value is -1.18. The molecule has 0 aliphatic rings. The molecule has 1 N–H and O–H groups in total. The molecule has 1 aromatic rings. The average molecular weight is 286 g/mol. The molecule has 0 aromatic carbocycles. The normalized spacial score (nSPS) is 11.7. The molecular formula is C12H22N2O4Si. The zero-order chi connectivity index (χ0) is 14.3. The van der Waals surface area contributed by atoms with Crippen molar-refractivity contribution in [1.82, 2.24) is 9.55 Å².